The molecule has 0 aliphatic carbocycles. The molecule has 1 rings (SSSR count). The van der Waals surface area contributed by atoms with Crippen LogP contribution in [0, 0.1) is 12.8 Å². The first-order valence-electron chi connectivity index (χ1n) is 6.32. The van der Waals surface area contributed by atoms with E-state index in [1.165, 1.54) is 5.56 Å². The highest BCUT2D eigenvalue weighted by molar-refractivity contribution is 5.31. The molecule has 1 aromatic rings. The Bertz CT molecular complexity index is 341. The zero-order valence-electron chi connectivity index (χ0n) is 11.7. The van der Waals surface area contributed by atoms with Gasteiger partial charge in [-0.1, -0.05) is 25.1 Å². The minimum Gasteiger partial charge on any atom is -0.493 e. The van der Waals surface area contributed by atoms with Crippen LogP contribution in [0.5, 0.6) is 5.75 Å². The van der Waals surface area contributed by atoms with E-state index in [0.29, 0.717) is 5.92 Å². The molecular formula is C15H25NO. The highest BCUT2D eigenvalue weighted by Gasteiger charge is 2.11. The van der Waals surface area contributed by atoms with E-state index in [1.807, 2.05) is 18.2 Å². The van der Waals surface area contributed by atoms with Gasteiger partial charge in [0.2, 0.25) is 0 Å². The van der Waals surface area contributed by atoms with Crippen molar-refractivity contribution >= 4 is 0 Å². The van der Waals surface area contributed by atoms with E-state index in [9.17, 15) is 0 Å². The Balaban J connectivity index is 2.34. The van der Waals surface area contributed by atoms with Crippen LogP contribution in [0.3, 0.4) is 0 Å². The molecule has 1 aromatic carbocycles. The monoisotopic (exact) mass is 235 g/mol. The van der Waals surface area contributed by atoms with Crippen LogP contribution in [0.4, 0.5) is 0 Å². The summed E-state index contributed by atoms with van der Waals surface area (Å²) in [5.74, 6) is 1.50. The topological polar surface area (TPSA) is 21.3 Å². The van der Waals surface area contributed by atoms with Gasteiger partial charge in [0.05, 0.1) is 6.61 Å². The molecule has 0 aromatic heterocycles. The molecule has 0 amide bonds. The summed E-state index contributed by atoms with van der Waals surface area (Å²) < 4.78 is 5.82. The first-order valence-corrected chi connectivity index (χ1v) is 6.32. The number of hydrogen-bond acceptors (Lipinski definition) is 2. The molecule has 0 heterocycles. The molecule has 0 aliphatic rings. The fourth-order valence-corrected chi connectivity index (χ4v) is 1.49. The van der Waals surface area contributed by atoms with Crippen molar-refractivity contribution in [3.05, 3.63) is 29.8 Å². The lowest BCUT2D eigenvalue weighted by Gasteiger charge is -2.23. The second-order valence-electron chi connectivity index (χ2n) is 5.81. The second-order valence-corrected chi connectivity index (χ2v) is 5.81. The van der Waals surface area contributed by atoms with Crippen molar-refractivity contribution in [3.63, 3.8) is 0 Å². The molecule has 1 N–H and O–H groups in total. The number of benzene rings is 1. The number of para-hydroxylation sites is 1. The molecule has 1 unspecified atom stereocenters. The zero-order chi connectivity index (χ0) is 12.9. The van der Waals surface area contributed by atoms with Crippen molar-refractivity contribution in [2.45, 2.75) is 40.2 Å². The van der Waals surface area contributed by atoms with Crippen molar-refractivity contribution in [3.8, 4) is 5.75 Å². The first kappa shape index (κ1) is 14.0. The van der Waals surface area contributed by atoms with E-state index < -0.39 is 0 Å². The van der Waals surface area contributed by atoms with Gasteiger partial charge in [-0.15, -0.1) is 0 Å². The smallest absolute Gasteiger partial charge is 0.122 e. The third-order valence-electron chi connectivity index (χ3n) is 2.60. The Morgan fingerprint density at radius 3 is 2.47 bits per heavy atom. The Kier molecular flexibility index (Phi) is 5.01. The SMILES string of the molecule is Cc1ccccc1OCC(C)CNC(C)(C)C. The average Bonchev–Trinajstić information content (AvgIpc) is 2.24. The van der Waals surface area contributed by atoms with Crippen LogP contribution < -0.4 is 10.1 Å². The molecule has 2 heteroatoms. The van der Waals surface area contributed by atoms with E-state index in [0.717, 1.165) is 18.9 Å². The normalized spacial score (nSPS) is 13.5. The van der Waals surface area contributed by atoms with Crippen LogP contribution >= 0.6 is 0 Å². The summed E-state index contributed by atoms with van der Waals surface area (Å²) in [5.41, 5.74) is 1.38. The van der Waals surface area contributed by atoms with Crippen LogP contribution in [0.1, 0.15) is 33.3 Å². The Labute approximate surface area is 105 Å². The lowest BCUT2D eigenvalue weighted by molar-refractivity contribution is 0.243. The van der Waals surface area contributed by atoms with Gasteiger partial charge in [-0.25, -0.2) is 0 Å². The number of aryl methyl sites for hydroxylation is 1. The van der Waals surface area contributed by atoms with Gasteiger partial charge in [0.25, 0.3) is 0 Å². The number of nitrogens with one attached hydrogen (secondary N) is 1. The average molecular weight is 235 g/mol. The van der Waals surface area contributed by atoms with Crippen LogP contribution in [-0.2, 0) is 0 Å². The predicted octanol–water partition coefficient (Wildman–Crippen LogP) is 3.40. The minimum absolute atomic E-state index is 0.178. The maximum atomic E-state index is 5.82. The van der Waals surface area contributed by atoms with Gasteiger partial charge in [-0.2, -0.15) is 0 Å². The Morgan fingerprint density at radius 2 is 1.88 bits per heavy atom. The van der Waals surface area contributed by atoms with Crippen molar-refractivity contribution in [1.82, 2.24) is 5.32 Å². The summed E-state index contributed by atoms with van der Waals surface area (Å²) in [6.07, 6.45) is 0. The van der Waals surface area contributed by atoms with E-state index >= 15 is 0 Å². The highest BCUT2D eigenvalue weighted by atomic mass is 16.5. The van der Waals surface area contributed by atoms with Gasteiger partial charge in [-0.3, -0.25) is 0 Å². The van der Waals surface area contributed by atoms with Crippen LogP contribution in [0.25, 0.3) is 0 Å². The van der Waals surface area contributed by atoms with Crippen molar-refractivity contribution < 1.29 is 4.74 Å². The number of ether oxygens (including phenoxy) is 1. The second kappa shape index (κ2) is 6.06. The third kappa shape index (κ3) is 5.73. The van der Waals surface area contributed by atoms with E-state index in [4.69, 9.17) is 4.74 Å². The lowest BCUT2D eigenvalue weighted by atomic mass is 10.1. The summed E-state index contributed by atoms with van der Waals surface area (Å²) in [6.45, 7) is 12.6. The molecule has 1 atom stereocenters. The molecular weight excluding hydrogens is 210 g/mol. The van der Waals surface area contributed by atoms with Crippen molar-refractivity contribution in [1.29, 1.82) is 0 Å². The minimum atomic E-state index is 0.178. The maximum Gasteiger partial charge on any atom is 0.122 e. The molecule has 0 spiro atoms. The van der Waals surface area contributed by atoms with E-state index in [2.05, 4.69) is 46.0 Å². The summed E-state index contributed by atoms with van der Waals surface area (Å²) in [5, 5.41) is 3.49. The van der Waals surface area contributed by atoms with Crippen LogP contribution in [-0.4, -0.2) is 18.7 Å². The van der Waals surface area contributed by atoms with Crippen LogP contribution in [0.15, 0.2) is 24.3 Å². The summed E-state index contributed by atoms with van der Waals surface area (Å²) >= 11 is 0. The quantitative estimate of drug-likeness (QED) is 0.844. The van der Waals surface area contributed by atoms with Gasteiger partial charge in [0, 0.05) is 18.0 Å². The maximum absolute atomic E-state index is 5.82. The molecule has 0 fully saturated rings. The largest absolute Gasteiger partial charge is 0.493 e. The van der Waals surface area contributed by atoms with Gasteiger partial charge in [0.15, 0.2) is 0 Å². The number of rotatable bonds is 5. The van der Waals surface area contributed by atoms with Gasteiger partial charge >= 0.3 is 0 Å². The lowest BCUT2D eigenvalue weighted by Crippen LogP contribution is -2.39. The first-order chi connectivity index (χ1) is 7.88. The summed E-state index contributed by atoms with van der Waals surface area (Å²) in [6, 6.07) is 8.15. The number of hydrogen-bond donors (Lipinski definition) is 1. The standard InChI is InChI=1S/C15H25NO/c1-12(10-16-15(3,4)5)11-17-14-9-7-6-8-13(14)2/h6-9,12,16H,10-11H2,1-5H3. The Morgan fingerprint density at radius 1 is 1.24 bits per heavy atom. The molecule has 0 saturated carbocycles. The molecule has 0 bridgehead atoms. The molecule has 17 heavy (non-hydrogen) atoms. The summed E-state index contributed by atoms with van der Waals surface area (Å²) in [4.78, 5) is 0. The van der Waals surface area contributed by atoms with Gasteiger partial charge in [-0.05, 0) is 39.3 Å². The third-order valence-corrected chi connectivity index (χ3v) is 2.60. The summed E-state index contributed by atoms with van der Waals surface area (Å²) in [7, 11) is 0. The molecule has 96 valence electrons. The molecule has 0 aliphatic heterocycles. The van der Waals surface area contributed by atoms with Crippen molar-refractivity contribution in [2.24, 2.45) is 5.92 Å². The Hall–Kier alpha value is -1.02. The molecule has 0 saturated heterocycles. The predicted molar refractivity (Wildman–Crippen MR) is 73.6 cm³/mol. The highest BCUT2D eigenvalue weighted by Crippen LogP contribution is 2.16. The van der Waals surface area contributed by atoms with Gasteiger partial charge in [0.1, 0.15) is 5.75 Å². The van der Waals surface area contributed by atoms with E-state index in [-0.39, 0.29) is 5.54 Å². The fourth-order valence-electron chi connectivity index (χ4n) is 1.49. The zero-order valence-corrected chi connectivity index (χ0v) is 11.7. The fraction of sp³-hybridized carbons (Fsp3) is 0.600. The van der Waals surface area contributed by atoms with Crippen molar-refractivity contribution in [2.75, 3.05) is 13.2 Å². The van der Waals surface area contributed by atoms with E-state index in [1.54, 1.807) is 0 Å². The molecule has 2 nitrogen and oxygen atoms in total. The molecule has 0 radical (unpaired) electrons. The van der Waals surface area contributed by atoms with Gasteiger partial charge < -0.3 is 10.1 Å². The van der Waals surface area contributed by atoms with Crippen LogP contribution in [0.2, 0.25) is 0 Å².